The van der Waals surface area contributed by atoms with Gasteiger partial charge in [0.2, 0.25) is 5.91 Å². The maximum absolute atomic E-state index is 13.5. The molecule has 1 fully saturated rings. The number of amides is 1. The van der Waals surface area contributed by atoms with E-state index in [1.54, 1.807) is 11.5 Å². The SMILES string of the molecule is CC(C)C(C)(C#N)NC(=O)CSc1nc2scc(C3CC3)c2c(=O)n1-c1ccccc1. The Kier molecular flexibility index (Phi) is 5.91. The van der Waals surface area contributed by atoms with Gasteiger partial charge in [0.15, 0.2) is 5.16 Å². The average Bonchev–Trinajstić information content (AvgIpc) is 3.51. The van der Waals surface area contributed by atoms with Gasteiger partial charge in [0, 0.05) is 0 Å². The molecule has 6 nitrogen and oxygen atoms in total. The Labute approximate surface area is 189 Å². The van der Waals surface area contributed by atoms with Gasteiger partial charge < -0.3 is 5.32 Å². The van der Waals surface area contributed by atoms with Crippen LogP contribution in [0.25, 0.3) is 15.9 Å². The van der Waals surface area contributed by atoms with Crippen LogP contribution in [0.2, 0.25) is 0 Å². The number of nitrogens with zero attached hydrogens (tertiary/aromatic N) is 3. The van der Waals surface area contributed by atoms with Crippen LogP contribution in [0.1, 0.15) is 45.1 Å². The van der Waals surface area contributed by atoms with Gasteiger partial charge in [0.25, 0.3) is 5.56 Å². The molecule has 2 aromatic heterocycles. The number of rotatable bonds is 7. The molecule has 0 spiro atoms. The van der Waals surface area contributed by atoms with Gasteiger partial charge in [-0.3, -0.25) is 14.2 Å². The zero-order valence-electron chi connectivity index (χ0n) is 17.7. The van der Waals surface area contributed by atoms with Crippen LogP contribution in [0.15, 0.2) is 45.7 Å². The third-order valence-electron chi connectivity index (χ3n) is 5.76. The summed E-state index contributed by atoms with van der Waals surface area (Å²) in [5.41, 5.74) is 0.785. The van der Waals surface area contributed by atoms with E-state index in [9.17, 15) is 14.9 Å². The summed E-state index contributed by atoms with van der Waals surface area (Å²) >= 11 is 2.70. The number of hydrogen-bond acceptors (Lipinski definition) is 6. The fourth-order valence-corrected chi connectivity index (χ4v) is 5.22. The second kappa shape index (κ2) is 8.48. The lowest BCUT2D eigenvalue weighted by atomic mass is 9.90. The first-order chi connectivity index (χ1) is 14.8. The molecule has 1 aliphatic rings. The molecule has 31 heavy (non-hydrogen) atoms. The number of nitrogens with one attached hydrogen (secondary N) is 1. The maximum atomic E-state index is 13.5. The Balaban J connectivity index is 1.70. The lowest BCUT2D eigenvalue weighted by Gasteiger charge is -2.27. The normalized spacial score (nSPS) is 15.6. The minimum Gasteiger partial charge on any atom is -0.337 e. The first kappa shape index (κ1) is 21.6. The molecular weight excluding hydrogens is 428 g/mol. The molecule has 3 aromatic rings. The fourth-order valence-electron chi connectivity index (χ4n) is 3.35. The van der Waals surface area contributed by atoms with Crippen LogP contribution < -0.4 is 10.9 Å². The lowest BCUT2D eigenvalue weighted by molar-refractivity contribution is -0.120. The van der Waals surface area contributed by atoms with E-state index in [2.05, 4.69) is 11.4 Å². The number of benzene rings is 1. The van der Waals surface area contributed by atoms with Crippen LogP contribution >= 0.6 is 23.1 Å². The molecule has 1 aliphatic carbocycles. The monoisotopic (exact) mass is 452 g/mol. The number of hydrogen-bond donors (Lipinski definition) is 1. The van der Waals surface area contributed by atoms with Crippen molar-refractivity contribution in [3.63, 3.8) is 0 Å². The Morgan fingerprint density at radius 1 is 1.39 bits per heavy atom. The van der Waals surface area contributed by atoms with Crippen molar-refractivity contribution >= 4 is 39.2 Å². The van der Waals surface area contributed by atoms with Gasteiger partial charge in [0.05, 0.1) is 22.9 Å². The van der Waals surface area contributed by atoms with Crippen molar-refractivity contribution in [1.82, 2.24) is 14.9 Å². The van der Waals surface area contributed by atoms with Gasteiger partial charge in [-0.1, -0.05) is 43.8 Å². The van der Waals surface area contributed by atoms with Crippen molar-refractivity contribution in [2.45, 2.75) is 50.2 Å². The number of para-hydroxylation sites is 1. The lowest BCUT2D eigenvalue weighted by Crippen LogP contribution is -2.49. The molecule has 0 aliphatic heterocycles. The topological polar surface area (TPSA) is 87.8 Å². The molecule has 1 unspecified atom stereocenters. The molecule has 0 radical (unpaired) electrons. The van der Waals surface area contributed by atoms with Gasteiger partial charge >= 0.3 is 0 Å². The number of fused-ring (bicyclic) bond motifs is 1. The van der Waals surface area contributed by atoms with Gasteiger partial charge in [0.1, 0.15) is 10.4 Å². The summed E-state index contributed by atoms with van der Waals surface area (Å²) in [4.78, 5) is 31.6. The van der Waals surface area contributed by atoms with Crippen LogP contribution in [0.5, 0.6) is 0 Å². The number of carbonyl (C=O) groups is 1. The summed E-state index contributed by atoms with van der Waals surface area (Å²) in [5, 5.41) is 15.5. The highest BCUT2D eigenvalue weighted by molar-refractivity contribution is 7.99. The number of carbonyl (C=O) groups excluding carboxylic acids is 1. The third-order valence-corrected chi connectivity index (χ3v) is 7.58. The molecule has 1 saturated carbocycles. The minimum atomic E-state index is -0.943. The van der Waals surface area contributed by atoms with Crippen molar-refractivity contribution in [2.75, 3.05) is 5.75 Å². The minimum absolute atomic E-state index is 0.0320. The quantitative estimate of drug-likeness (QED) is 0.422. The van der Waals surface area contributed by atoms with Gasteiger partial charge in [-0.15, -0.1) is 11.3 Å². The molecule has 8 heteroatoms. The summed E-state index contributed by atoms with van der Waals surface area (Å²) in [6.45, 7) is 5.51. The van der Waals surface area contributed by atoms with E-state index in [0.717, 1.165) is 24.1 Å². The fraction of sp³-hybridized carbons (Fsp3) is 0.391. The summed E-state index contributed by atoms with van der Waals surface area (Å²) < 4.78 is 1.60. The van der Waals surface area contributed by atoms with E-state index < -0.39 is 5.54 Å². The predicted molar refractivity (Wildman–Crippen MR) is 125 cm³/mol. The zero-order valence-corrected chi connectivity index (χ0v) is 19.3. The second-order valence-electron chi connectivity index (χ2n) is 8.32. The summed E-state index contributed by atoms with van der Waals surface area (Å²) in [6.07, 6.45) is 2.22. The van der Waals surface area contributed by atoms with Crippen molar-refractivity contribution in [1.29, 1.82) is 5.26 Å². The van der Waals surface area contributed by atoms with E-state index in [1.807, 2.05) is 49.6 Å². The Hall–Kier alpha value is -2.63. The molecule has 2 heterocycles. The van der Waals surface area contributed by atoms with Gasteiger partial charge in [-0.05, 0) is 54.7 Å². The van der Waals surface area contributed by atoms with Crippen LogP contribution in [0.3, 0.4) is 0 Å². The molecule has 0 saturated heterocycles. The van der Waals surface area contributed by atoms with Crippen LogP contribution in [0, 0.1) is 17.2 Å². The second-order valence-corrected chi connectivity index (χ2v) is 10.1. The number of thioether (sulfide) groups is 1. The van der Waals surface area contributed by atoms with Gasteiger partial charge in [-0.25, -0.2) is 4.98 Å². The first-order valence-electron chi connectivity index (χ1n) is 10.3. The molecule has 1 amide bonds. The number of thiophene rings is 1. The van der Waals surface area contributed by atoms with E-state index in [1.165, 1.54) is 23.1 Å². The maximum Gasteiger partial charge on any atom is 0.267 e. The Bertz CT molecular complexity index is 1220. The largest absolute Gasteiger partial charge is 0.337 e. The van der Waals surface area contributed by atoms with Crippen molar-refractivity contribution < 1.29 is 4.79 Å². The molecule has 1 aromatic carbocycles. The highest BCUT2D eigenvalue weighted by Crippen LogP contribution is 2.44. The predicted octanol–water partition coefficient (Wildman–Crippen LogP) is 4.47. The molecule has 1 N–H and O–H groups in total. The van der Waals surface area contributed by atoms with E-state index in [4.69, 9.17) is 4.98 Å². The van der Waals surface area contributed by atoms with Crippen LogP contribution in [0.4, 0.5) is 0 Å². The average molecular weight is 453 g/mol. The van der Waals surface area contributed by atoms with Gasteiger partial charge in [-0.2, -0.15) is 5.26 Å². The third kappa shape index (κ3) is 4.25. The summed E-state index contributed by atoms with van der Waals surface area (Å²) in [6, 6.07) is 11.6. The summed E-state index contributed by atoms with van der Waals surface area (Å²) in [5.74, 6) is 0.226. The van der Waals surface area contributed by atoms with Crippen molar-refractivity contribution in [2.24, 2.45) is 5.92 Å². The number of nitriles is 1. The molecular formula is C23H24N4O2S2. The van der Waals surface area contributed by atoms with E-state index >= 15 is 0 Å². The van der Waals surface area contributed by atoms with E-state index in [-0.39, 0.29) is 23.1 Å². The molecule has 0 bridgehead atoms. The zero-order chi connectivity index (χ0) is 22.2. The highest BCUT2D eigenvalue weighted by atomic mass is 32.2. The number of aromatic nitrogens is 2. The summed E-state index contributed by atoms with van der Waals surface area (Å²) in [7, 11) is 0. The Morgan fingerprint density at radius 2 is 2.10 bits per heavy atom. The van der Waals surface area contributed by atoms with Crippen LogP contribution in [-0.4, -0.2) is 26.8 Å². The first-order valence-corrected chi connectivity index (χ1v) is 12.1. The smallest absolute Gasteiger partial charge is 0.267 e. The highest BCUT2D eigenvalue weighted by Gasteiger charge is 2.31. The van der Waals surface area contributed by atoms with Crippen LogP contribution in [-0.2, 0) is 4.79 Å². The Morgan fingerprint density at radius 3 is 2.71 bits per heavy atom. The standard InChI is InChI=1S/C23H24N4O2S2/c1-14(2)23(3,13-24)26-18(28)12-31-22-25-20-19(17(11-30-20)15-9-10-15)21(29)27(22)16-7-5-4-6-8-16/h4-8,11,14-15H,9-10,12H2,1-3H3,(H,26,28). The molecule has 1 atom stereocenters. The molecule has 4 rings (SSSR count). The van der Waals surface area contributed by atoms with Crippen molar-refractivity contribution in [3.8, 4) is 11.8 Å². The van der Waals surface area contributed by atoms with E-state index in [0.29, 0.717) is 21.3 Å². The van der Waals surface area contributed by atoms with Crippen molar-refractivity contribution in [3.05, 3.63) is 51.6 Å². The molecule has 160 valence electrons.